The minimum atomic E-state index is -4.23. The molecule has 0 aromatic heterocycles. The van der Waals surface area contributed by atoms with Crippen molar-refractivity contribution in [2.24, 2.45) is 0 Å². The number of hydrogen-bond acceptors (Lipinski definition) is 3. The summed E-state index contributed by atoms with van der Waals surface area (Å²) in [5.74, 6) is -4.91. The van der Waals surface area contributed by atoms with Gasteiger partial charge in [-0.05, 0) is 26.0 Å². The normalized spacial score (nSPS) is 24.9. The van der Waals surface area contributed by atoms with Crippen molar-refractivity contribution in [1.82, 2.24) is 4.31 Å². The number of ether oxygens (including phenoxy) is 1. The van der Waals surface area contributed by atoms with Crippen molar-refractivity contribution in [3.05, 3.63) is 29.6 Å². The second-order valence-electron chi connectivity index (χ2n) is 4.75. The van der Waals surface area contributed by atoms with E-state index in [1.165, 1.54) is 0 Å². The first-order chi connectivity index (χ1) is 9.23. The lowest BCUT2D eigenvalue weighted by atomic mass is 10.3. The number of halogens is 3. The number of hydrogen-bond donors (Lipinski definition) is 0. The summed E-state index contributed by atoms with van der Waals surface area (Å²) in [6.45, 7) is 3.43. The number of nitrogens with zero attached hydrogens (tertiary/aromatic N) is 1. The molecule has 0 aliphatic carbocycles. The van der Waals surface area contributed by atoms with Crippen LogP contribution in [-0.4, -0.2) is 38.0 Å². The summed E-state index contributed by atoms with van der Waals surface area (Å²) in [5, 5.41) is 0. The van der Waals surface area contributed by atoms with E-state index in [4.69, 9.17) is 4.74 Å². The third kappa shape index (κ3) is 2.68. The fraction of sp³-hybridized carbons (Fsp3) is 0.500. The Morgan fingerprint density at radius 2 is 1.65 bits per heavy atom. The van der Waals surface area contributed by atoms with E-state index in [2.05, 4.69) is 0 Å². The molecule has 4 nitrogen and oxygen atoms in total. The first-order valence-electron chi connectivity index (χ1n) is 6.02. The number of sulfonamides is 1. The van der Waals surface area contributed by atoms with E-state index in [-0.39, 0.29) is 25.3 Å². The monoisotopic (exact) mass is 309 g/mol. The SMILES string of the molecule is C[C@@H]1CN(S(=O)(=O)c2ccc(F)c(F)c2F)C[C@H](C)O1. The molecule has 0 amide bonds. The zero-order valence-corrected chi connectivity index (χ0v) is 11.8. The summed E-state index contributed by atoms with van der Waals surface area (Å²) >= 11 is 0. The average molecular weight is 309 g/mol. The third-order valence-corrected chi connectivity index (χ3v) is 4.85. The van der Waals surface area contributed by atoms with Gasteiger partial charge < -0.3 is 4.74 Å². The van der Waals surface area contributed by atoms with Crippen molar-refractivity contribution in [2.45, 2.75) is 31.0 Å². The molecular weight excluding hydrogens is 295 g/mol. The molecule has 0 N–H and O–H groups in total. The van der Waals surface area contributed by atoms with Crippen molar-refractivity contribution in [2.75, 3.05) is 13.1 Å². The van der Waals surface area contributed by atoms with Gasteiger partial charge in [0.1, 0.15) is 4.90 Å². The van der Waals surface area contributed by atoms with E-state index < -0.39 is 32.4 Å². The highest BCUT2D eigenvalue weighted by Crippen LogP contribution is 2.25. The summed E-state index contributed by atoms with van der Waals surface area (Å²) < 4.78 is 70.7. The molecule has 1 heterocycles. The average Bonchev–Trinajstić information content (AvgIpc) is 2.34. The molecule has 2 atom stereocenters. The van der Waals surface area contributed by atoms with E-state index in [9.17, 15) is 21.6 Å². The standard InChI is InChI=1S/C12H14F3NO3S/c1-7-5-16(6-8(2)19-7)20(17,18)10-4-3-9(13)11(14)12(10)15/h3-4,7-8H,5-6H2,1-2H3/t7-,8+. The van der Waals surface area contributed by atoms with Crippen LogP contribution in [0.25, 0.3) is 0 Å². The lowest BCUT2D eigenvalue weighted by molar-refractivity contribution is -0.0441. The van der Waals surface area contributed by atoms with E-state index in [0.717, 1.165) is 10.4 Å². The van der Waals surface area contributed by atoms with Crippen molar-refractivity contribution in [1.29, 1.82) is 0 Å². The van der Waals surface area contributed by atoms with Gasteiger partial charge in [0.05, 0.1) is 12.2 Å². The number of morpholine rings is 1. The van der Waals surface area contributed by atoms with Gasteiger partial charge in [-0.25, -0.2) is 21.6 Å². The summed E-state index contributed by atoms with van der Waals surface area (Å²) in [5.41, 5.74) is 0. The molecule has 1 aromatic carbocycles. The highest BCUT2D eigenvalue weighted by molar-refractivity contribution is 7.89. The molecule has 0 spiro atoms. The predicted octanol–water partition coefficient (Wildman–Crippen LogP) is 1.90. The minimum Gasteiger partial charge on any atom is -0.373 e. The van der Waals surface area contributed by atoms with Crippen LogP contribution in [0.4, 0.5) is 13.2 Å². The Morgan fingerprint density at radius 1 is 1.10 bits per heavy atom. The summed E-state index contributed by atoms with van der Waals surface area (Å²) in [4.78, 5) is -0.863. The van der Waals surface area contributed by atoms with E-state index in [0.29, 0.717) is 6.07 Å². The molecular formula is C12H14F3NO3S. The first-order valence-corrected chi connectivity index (χ1v) is 7.46. The maximum atomic E-state index is 13.7. The van der Waals surface area contributed by atoms with Gasteiger partial charge in [-0.15, -0.1) is 0 Å². The zero-order chi connectivity index (χ0) is 15.1. The molecule has 0 saturated carbocycles. The first kappa shape index (κ1) is 15.3. The Morgan fingerprint density at radius 3 is 2.20 bits per heavy atom. The van der Waals surface area contributed by atoms with Gasteiger partial charge in [0, 0.05) is 13.1 Å². The number of benzene rings is 1. The predicted molar refractivity (Wildman–Crippen MR) is 65.1 cm³/mol. The molecule has 1 aliphatic rings. The topological polar surface area (TPSA) is 46.6 Å². The molecule has 2 rings (SSSR count). The molecule has 8 heteroatoms. The van der Waals surface area contributed by atoms with Crippen molar-refractivity contribution < 1.29 is 26.3 Å². The van der Waals surface area contributed by atoms with Gasteiger partial charge in [0.15, 0.2) is 17.5 Å². The van der Waals surface area contributed by atoms with Gasteiger partial charge in [0.25, 0.3) is 0 Å². The van der Waals surface area contributed by atoms with Crippen LogP contribution in [-0.2, 0) is 14.8 Å². The van der Waals surface area contributed by atoms with Gasteiger partial charge in [0.2, 0.25) is 10.0 Å². The third-order valence-electron chi connectivity index (χ3n) is 3.00. The van der Waals surface area contributed by atoms with Crippen molar-refractivity contribution >= 4 is 10.0 Å². The molecule has 1 aromatic rings. The quantitative estimate of drug-likeness (QED) is 0.784. The molecule has 0 bridgehead atoms. The number of rotatable bonds is 2. The van der Waals surface area contributed by atoms with Crippen LogP contribution in [0.2, 0.25) is 0 Å². The second kappa shape index (κ2) is 5.34. The summed E-state index contributed by atoms with van der Waals surface area (Å²) in [6, 6.07) is 1.33. The molecule has 0 radical (unpaired) electrons. The Hall–Kier alpha value is -1.12. The fourth-order valence-electron chi connectivity index (χ4n) is 2.17. The van der Waals surface area contributed by atoms with E-state index >= 15 is 0 Å². The zero-order valence-electron chi connectivity index (χ0n) is 10.9. The Bertz CT molecular complexity index is 611. The minimum absolute atomic E-state index is 0.0328. The van der Waals surface area contributed by atoms with Crippen LogP contribution in [0.15, 0.2) is 17.0 Å². The van der Waals surface area contributed by atoms with Gasteiger partial charge >= 0.3 is 0 Å². The second-order valence-corrected chi connectivity index (χ2v) is 6.66. The lowest BCUT2D eigenvalue weighted by Crippen LogP contribution is -2.48. The molecule has 112 valence electrons. The summed E-state index contributed by atoms with van der Waals surface area (Å²) in [7, 11) is -4.23. The van der Waals surface area contributed by atoms with Crippen LogP contribution in [0, 0.1) is 17.5 Å². The van der Waals surface area contributed by atoms with E-state index in [1.54, 1.807) is 13.8 Å². The van der Waals surface area contributed by atoms with Gasteiger partial charge in [-0.2, -0.15) is 4.31 Å². The highest BCUT2D eigenvalue weighted by Gasteiger charge is 2.35. The maximum Gasteiger partial charge on any atom is 0.246 e. The summed E-state index contributed by atoms with van der Waals surface area (Å²) in [6.07, 6.45) is -0.719. The molecule has 1 aliphatic heterocycles. The molecule has 0 unspecified atom stereocenters. The van der Waals surface area contributed by atoms with Gasteiger partial charge in [-0.3, -0.25) is 0 Å². The maximum absolute atomic E-state index is 13.7. The molecule has 1 saturated heterocycles. The van der Waals surface area contributed by atoms with Crippen LogP contribution in [0.5, 0.6) is 0 Å². The lowest BCUT2D eigenvalue weighted by Gasteiger charge is -2.34. The van der Waals surface area contributed by atoms with Gasteiger partial charge in [-0.1, -0.05) is 0 Å². The molecule has 20 heavy (non-hydrogen) atoms. The van der Waals surface area contributed by atoms with Crippen molar-refractivity contribution in [3.8, 4) is 0 Å². The van der Waals surface area contributed by atoms with Crippen LogP contribution in [0.3, 0.4) is 0 Å². The smallest absolute Gasteiger partial charge is 0.246 e. The Kier molecular flexibility index (Phi) is 4.08. The highest BCUT2D eigenvalue weighted by atomic mass is 32.2. The largest absolute Gasteiger partial charge is 0.373 e. The van der Waals surface area contributed by atoms with Crippen LogP contribution >= 0.6 is 0 Å². The van der Waals surface area contributed by atoms with Crippen molar-refractivity contribution in [3.63, 3.8) is 0 Å². The Labute approximate surface area is 115 Å². The van der Waals surface area contributed by atoms with Crippen LogP contribution in [0.1, 0.15) is 13.8 Å². The van der Waals surface area contributed by atoms with Crippen LogP contribution < -0.4 is 0 Å². The van der Waals surface area contributed by atoms with E-state index in [1.807, 2.05) is 0 Å². The molecule has 1 fully saturated rings. The Balaban J connectivity index is 2.43. The fourth-order valence-corrected chi connectivity index (χ4v) is 3.82.